The number of piperazine rings is 1. The lowest BCUT2D eigenvalue weighted by Gasteiger charge is -2.33. The van der Waals surface area contributed by atoms with Gasteiger partial charge in [-0.25, -0.2) is 8.42 Å². The van der Waals surface area contributed by atoms with Gasteiger partial charge in [-0.15, -0.1) is 23.1 Å². The van der Waals surface area contributed by atoms with Crippen molar-refractivity contribution in [3.05, 3.63) is 46.3 Å². The lowest BCUT2D eigenvalue weighted by molar-refractivity contribution is -0.131. The Morgan fingerprint density at radius 2 is 1.77 bits per heavy atom. The third-order valence-electron chi connectivity index (χ3n) is 4.06. The minimum atomic E-state index is -3.46. The summed E-state index contributed by atoms with van der Waals surface area (Å²) in [4.78, 5) is 15.3. The zero-order chi connectivity index (χ0) is 18.6. The average Bonchev–Trinajstić information content (AvgIpc) is 3.10. The minimum absolute atomic E-state index is 0.0874. The Labute approximate surface area is 170 Å². The van der Waals surface area contributed by atoms with Crippen molar-refractivity contribution in [3.63, 3.8) is 0 Å². The van der Waals surface area contributed by atoms with Crippen molar-refractivity contribution in [1.29, 1.82) is 0 Å². The number of hydrogen-bond donors (Lipinski definition) is 0. The number of benzene rings is 1. The van der Waals surface area contributed by atoms with E-state index in [4.69, 9.17) is 0 Å². The Hall–Kier alpha value is -0.870. The van der Waals surface area contributed by atoms with Crippen LogP contribution in [0.4, 0.5) is 0 Å². The van der Waals surface area contributed by atoms with Crippen LogP contribution in [0.3, 0.4) is 0 Å². The van der Waals surface area contributed by atoms with Crippen LogP contribution in [0.2, 0.25) is 0 Å². The first-order valence-corrected chi connectivity index (χ1v) is 12.2. The van der Waals surface area contributed by atoms with Gasteiger partial charge in [0, 0.05) is 43.2 Å². The van der Waals surface area contributed by atoms with Crippen LogP contribution < -0.4 is 0 Å². The molecule has 0 unspecified atom stereocenters. The smallest absolute Gasteiger partial charge is 0.252 e. The molecule has 5 nitrogen and oxygen atoms in total. The van der Waals surface area contributed by atoms with Crippen LogP contribution in [-0.2, 0) is 14.8 Å². The van der Waals surface area contributed by atoms with E-state index in [1.165, 1.54) is 15.6 Å². The van der Waals surface area contributed by atoms with E-state index < -0.39 is 10.0 Å². The lowest BCUT2D eigenvalue weighted by Crippen LogP contribution is -2.50. The summed E-state index contributed by atoms with van der Waals surface area (Å²) in [5.74, 6) is 0.814. The predicted molar refractivity (Wildman–Crippen MR) is 109 cm³/mol. The molecule has 140 valence electrons. The Morgan fingerprint density at radius 1 is 1.08 bits per heavy atom. The van der Waals surface area contributed by atoms with Gasteiger partial charge in [0.1, 0.15) is 4.21 Å². The molecule has 1 aliphatic heterocycles. The third-order valence-corrected chi connectivity index (χ3v) is 9.07. The number of thiophene rings is 1. The van der Waals surface area contributed by atoms with E-state index in [2.05, 4.69) is 15.9 Å². The maximum atomic E-state index is 12.6. The summed E-state index contributed by atoms with van der Waals surface area (Å²) in [6, 6.07) is 13.3. The number of nitrogens with zero attached hydrogens (tertiary/aromatic N) is 2. The van der Waals surface area contributed by atoms with Gasteiger partial charge in [0.25, 0.3) is 10.0 Å². The molecule has 1 saturated heterocycles. The van der Waals surface area contributed by atoms with Gasteiger partial charge in [-0.2, -0.15) is 4.31 Å². The van der Waals surface area contributed by atoms with Crippen molar-refractivity contribution in [2.45, 2.75) is 15.5 Å². The van der Waals surface area contributed by atoms with E-state index in [1.54, 1.807) is 28.8 Å². The highest BCUT2D eigenvalue weighted by atomic mass is 79.9. The van der Waals surface area contributed by atoms with Crippen LogP contribution in [0.5, 0.6) is 0 Å². The molecular formula is C17H19BrN2O3S3. The van der Waals surface area contributed by atoms with Crippen molar-refractivity contribution in [2.24, 2.45) is 0 Å². The van der Waals surface area contributed by atoms with Gasteiger partial charge in [0.05, 0.1) is 3.79 Å². The normalized spacial score (nSPS) is 16.0. The number of sulfonamides is 1. The van der Waals surface area contributed by atoms with E-state index >= 15 is 0 Å². The summed E-state index contributed by atoms with van der Waals surface area (Å²) in [6.45, 7) is 1.58. The second-order valence-corrected chi connectivity index (χ2v) is 11.6. The number of hydrogen-bond acceptors (Lipinski definition) is 5. The molecule has 2 aromatic rings. The van der Waals surface area contributed by atoms with Crippen LogP contribution in [0, 0.1) is 0 Å². The Kier molecular flexibility index (Phi) is 6.79. The summed E-state index contributed by atoms with van der Waals surface area (Å²) < 4.78 is 27.8. The number of carbonyl (C=O) groups is 1. The molecule has 2 heterocycles. The fraction of sp³-hybridized carbons (Fsp3) is 0.353. The van der Waals surface area contributed by atoms with Crippen LogP contribution >= 0.6 is 39.0 Å². The molecule has 1 aromatic heterocycles. The summed E-state index contributed by atoms with van der Waals surface area (Å²) in [6.07, 6.45) is 0.462. The largest absolute Gasteiger partial charge is 0.340 e. The van der Waals surface area contributed by atoms with Crippen molar-refractivity contribution in [2.75, 3.05) is 31.9 Å². The first kappa shape index (κ1) is 19.9. The monoisotopic (exact) mass is 474 g/mol. The highest BCUT2D eigenvalue weighted by molar-refractivity contribution is 9.11. The molecule has 1 aliphatic rings. The van der Waals surface area contributed by atoms with Gasteiger partial charge in [0.15, 0.2) is 0 Å². The number of rotatable bonds is 6. The summed E-state index contributed by atoms with van der Waals surface area (Å²) >= 11 is 6.17. The van der Waals surface area contributed by atoms with Gasteiger partial charge in [-0.1, -0.05) is 18.2 Å². The number of thioether (sulfide) groups is 1. The van der Waals surface area contributed by atoms with E-state index in [0.29, 0.717) is 36.8 Å². The highest BCUT2D eigenvalue weighted by Gasteiger charge is 2.30. The van der Waals surface area contributed by atoms with Crippen LogP contribution in [0.15, 0.2) is 55.4 Å². The standard InChI is InChI=1S/C17H19BrN2O3S3/c18-15-6-7-17(25-15)26(22,23)20-11-9-19(10-12-20)16(21)8-13-24-14-4-2-1-3-5-14/h1-7H,8-13H2. The number of amides is 1. The van der Waals surface area contributed by atoms with Crippen molar-refractivity contribution in [3.8, 4) is 0 Å². The molecule has 0 spiro atoms. The molecule has 0 aliphatic carbocycles. The molecule has 0 saturated carbocycles. The van der Waals surface area contributed by atoms with Gasteiger partial charge in [-0.05, 0) is 40.2 Å². The minimum Gasteiger partial charge on any atom is -0.340 e. The van der Waals surface area contributed by atoms with Crippen LogP contribution in [0.1, 0.15) is 6.42 Å². The summed E-state index contributed by atoms with van der Waals surface area (Å²) in [5.41, 5.74) is 0. The zero-order valence-corrected chi connectivity index (χ0v) is 18.0. The predicted octanol–water partition coefficient (Wildman–Crippen LogP) is 3.53. The van der Waals surface area contributed by atoms with E-state index in [9.17, 15) is 13.2 Å². The quantitative estimate of drug-likeness (QED) is 0.600. The van der Waals surface area contributed by atoms with Crippen molar-refractivity contribution < 1.29 is 13.2 Å². The van der Waals surface area contributed by atoms with Gasteiger partial charge < -0.3 is 4.90 Å². The Balaban J connectivity index is 1.48. The second kappa shape index (κ2) is 8.88. The average molecular weight is 475 g/mol. The van der Waals surface area contributed by atoms with Crippen LogP contribution in [-0.4, -0.2) is 55.5 Å². The summed E-state index contributed by atoms with van der Waals surface area (Å²) in [5, 5.41) is 0. The molecular weight excluding hydrogens is 456 g/mol. The van der Waals surface area contributed by atoms with Gasteiger partial charge in [0.2, 0.25) is 5.91 Å². The maximum absolute atomic E-state index is 12.6. The molecule has 0 N–H and O–H groups in total. The summed E-state index contributed by atoms with van der Waals surface area (Å²) in [7, 11) is -3.46. The highest BCUT2D eigenvalue weighted by Crippen LogP contribution is 2.29. The van der Waals surface area contributed by atoms with E-state index in [-0.39, 0.29) is 5.91 Å². The van der Waals surface area contributed by atoms with Crippen LogP contribution in [0.25, 0.3) is 0 Å². The topological polar surface area (TPSA) is 57.7 Å². The Bertz CT molecular complexity index is 847. The van der Waals surface area contributed by atoms with Gasteiger partial charge in [-0.3, -0.25) is 4.79 Å². The molecule has 0 radical (unpaired) electrons. The number of carbonyl (C=O) groups excluding carboxylic acids is 1. The first-order valence-electron chi connectivity index (χ1n) is 8.18. The first-order chi connectivity index (χ1) is 12.5. The van der Waals surface area contributed by atoms with E-state index in [1.807, 2.05) is 30.3 Å². The molecule has 0 atom stereocenters. The second-order valence-electron chi connectivity index (χ2n) is 5.75. The van der Waals surface area contributed by atoms with Crippen molar-refractivity contribution in [1.82, 2.24) is 9.21 Å². The van der Waals surface area contributed by atoms with Crippen molar-refractivity contribution >= 4 is 55.0 Å². The molecule has 26 heavy (non-hydrogen) atoms. The van der Waals surface area contributed by atoms with Gasteiger partial charge >= 0.3 is 0 Å². The molecule has 0 bridgehead atoms. The molecule has 3 rings (SSSR count). The third kappa shape index (κ3) is 4.89. The number of halogens is 1. The molecule has 1 amide bonds. The lowest BCUT2D eigenvalue weighted by atomic mass is 10.3. The Morgan fingerprint density at radius 3 is 2.38 bits per heavy atom. The van der Waals surface area contributed by atoms with E-state index in [0.717, 1.165) is 14.4 Å². The zero-order valence-electron chi connectivity index (χ0n) is 14.0. The molecule has 9 heteroatoms. The molecule has 1 fully saturated rings. The molecule has 1 aromatic carbocycles. The fourth-order valence-electron chi connectivity index (χ4n) is 2.67. The SMILES string of the molecule is O=C(CCSc1ccccc1)N1CCN(S(=O)(=O)c2ccc(Br)s2)CC1. The fourth-order valence-corrected chi connectivity index (χ4v) is 7.12. The maximum Gasteiger partial charge on any atom is 0.252 e.